The minimum absolute atomic E-state index is 0.232. The molecule has 1 rings (SSSR count). The van der Waals surface area contributed by atoms with Crippen molar-refractivity contribution in [2.24, 2.45) is 0 Å². The van der Waals surface area contributed by atoms with E-state index in [9.17, 15) is 8.60 Å². The van der Waals surface area contributed by atoms with Gasteiger partial charge in [0.2, 0.25) is 0 Å². The van der Waals surface area contributed by atoms with Crippen molar-refractivity contribution in [3.63, 3.8) is 0 Å². The van der Waals surface area contributed by atoms with Gasteiger partial charge in [-0.3, -0.25) is 0 Å². The molecule has 0 radical (unpaired) electrons. The van der Waals surface area contributed by atoms with E-state index in [0.29, 0.717) is 0 Å². The van der Waals surface area contributed by atoms with Gasteiger partial charge in [0.1, 0.15) is 16.8 Å². The normalized spacial score (nSPS) is 13.9. The number of benzene rings is 1. The summed E-state index contributed by atoms with van der Waals surface area (Å²) in [4.78, 5) is 0. The molecule has 0 aliphatic heterocycles. The van der Waals surface area contributed by atoms with Gasteiger partial charge in [-0.1, -0.05) is 28.1 Å². The second-order valence-corrected chi connectivity index (χ2v) is 6.81. The molecule has 0 fully saturated rings. The number of rotatable bonds is 4. The molecule has 17 heavy (non-hydrogen) atoms. The van der Waals surface area contributed by atoms with Gasteiger partial charge in [0.25, 0.3) is 0 Å². The van der Waals surface area contributed by atoms with E-state index in [1.54, 1.807) is 12.1 Å². The van der Waals surface area contributed by atoms with Crippen molar-refractivity contribution in [1.82, 2.24) is 0 Å². The van der Waals surface area contributed by atoms with Gasteiger partial charge in [-0.15, -0.1) is 0 Å². The van der Waals surface area contributed by atoms with Crippen LogP contribution in [-0.4, -0.2) is 8.96 Å². The molecular formula is C12H15BrFNOS. The third kappa shape index (κ3) is 3.92. The number of hydrogen-bond acceptors (Lipinski definition) is 1. The van der Waals surface area contributed by atoms with Crippen LogP contribution >= 0.6 is 15.9 Å². The molecule has 0 amide bonds. The average Bonchev–Trinajstić information content (AvgIpc) is 2.23. The van der Waals surface area contributed by atoms with Crippen molar-refractivity contribution in [3.05, 3.63) is 40.6 Å². The molecule has 1 N–H and O–H groups in total. The Hall–Kier alpha value is -0.680. The molecule has 94 valence electrons. The zero-order valence-corrected chi connectivity index (χ0v) is 12.4. The van der Waals surface area contributed by atoms with Crippen LogP contribution in [0, 0.1) is 5.82 Å². The lowest BCUT2D eigenvalue weighted by Crippen LogP contribution is -2.29. The minimum Gasteiger partial charge on any atom is -0.302 e. The highest BCUT2D eigenvalue weighted by Gasteiger charge is 2.23. The number of halogens is 2. The molecule has 0 aliphatic rings. The minimum atomic E-state index is -1.40. The van der Waals surface area contributed by atoms with E-state index in [-0.39, 0.29) is 5.69 Å². The quantitative estimate of drug-likeness (QED) is 0.834. The van der Waals surface area contributed by atoms with E-state index in [2.05, 4.69) is 20.7 Å². The molecule has 5 heteroatoms. The van der Waals surface area contributed by atoms with Crippen LogP contribution in [0.4, 0.5) is 10.1 Å². The maximum absolute atomic E-state index is 13.5. The monoisotopic (exact) mass is 319 g/mol. The summed E-state index contributed by atoms with van der Waals surface area (Å²) in [5.41, 5.74) is 0.232. The summed E-state index contributed by atoms with van der Waals surface area (Å²) in [6.07, 6.45) is 3.66. The number of allylic oxidation sites excluding steroid dienone is 1. The van der Waals surface area contributed by atoms with Crippen LogP contribution in [0.1, 0.15) is 20.8 Å². The molecule has 1 aromatic carbocycles. The molecule has 1 unspecified atom stereocenters. The Kier molecular flexibility index (Phi) is 4.89. The third-order valence-corrected chi connectivity index (χ3v) is 4.17. The van der Waals surface area contributed by atoms with Gasteiger partial charge in [0.05, 0.1) is 10.4 Å². The lowest BCUT2D eigenvalue weighted by atomic mass is 10.2. The van der Waals surface area contributed by atoms with E-state index in [1.807, 2.05) is 32.9 Å². The van der Waals surface area contributed by atoms with Crippen LogP contribution in [0.3, 0.4) is 0 Å². The molecule has 0 heterocycles. The Labute approximate surface area is 112 Å². The fraction of sp³-hybridized carbons (Fsp3) is 0.333. The molecule has 0 aromatic heterocycles. The largest absolute Gasteiger partial charge is 0.302 e. The number of anilines is 1. The van der Waals surface area contributed by atoms with E-state index in [1.165, 1.54) is 6.07 Å². The van der Waals surface area contributed by atoms with Crippen molar-refractivity contribution in [2.45, 2.75) is 25.5 Å². The van der Waals surface area contributed by atoms with E-state index >= 15 is 0 Å². The second-order valence-electron chi connectivity index (χ2n) is 4.10. The van der Waals surface area contributed by atoms with E-state index < -0.39 is 21.5 Å². The molecule has 2 nitrogen and oxygen atoms in total. The highest BCUT2D eigenvalue weighted by Crippen LogP contribution is 2.23. The molecule has 0 aliphatic carbocycles. The van der Waals surface area contributed by atoms with Gasteiger partial charge in [-0.05, 0) is 39.0 Å². The van der Waals surface area contributed by atoms with Crippen molar-refractivity contribution in [2.75, 3.05) is 4.72 Å². The topological polar surface area (TPSA) is 29.1 Å². The maximum atomic E-state index is 13.5. The highest BCUT2D eigenvalue weighted by molar-refractivity contribution is 9.10. The average molecular weight is 320 g/mol. The highest BCUT2D eigenvalue weighted by atomic mass is 79.9. The first-order valence-electron chi connectivity index (χ1n) is 5.14. The molecular weight excluding hydrogens is 305 g/mol. The smallest absolute Gasteiger partial charge is 0.147 e. The van der Waals surface area contributed by atoms with Crippen LogP contribution in [-0.2, 0) is 11.0 Å². The lowest BCUT2D eigenvalue weighted by molar-refractivity contribution is 0.630. The fourth-order valence-electron chi connectivity index (χ4n) is 1.27. The summed E-state index contributed by atoms with van der Waals surface area (Å²) in [7, 11) is -1.40. The Morgan fingerprint density at radius 3 is 2.71 bits per heavy atom. The van der Waals surface area contributed by atoms with Crippen molar-refractivity contribution >= 4 is 32.6 Å². The van der Waals surface area contributed by atoms with E-state index in [0.717, 1.165) is 4.47 Å². The van der Waals surface area contributed by atoms with Gasteiger partial charge in [0.15, 0.2) is 0 Å². The zero-order chi connectivity index (χ0) is 13.1. The van der Waals surface area contributed by atoms with Gasteiger partial charge >= 0.3 is 0 Å². The summed E-state index contributed by atoms with van der Waals surface area (Å²) in [5.74, 6) is -0.419. The fourth-order valence-corrected chi connectivity index (χ4v) is 2.51. The Bertz CT molecular complexity index is 460. The standard InChI is InChI=1S/C12H15BrFNOS/c1-4-7-12(2,3)17(16)15-11-8-9(13)5-6-10(11)14/h4-8,15H,1-3H3. The van der Waals surface area contributed by atoms with Crippen LogP contribution < -0.4 is 4.72 Å². The van der Waals surface area contributed by atoms with Crippen LogP contribution in [0.5, 0.6) is 0 Å². The SMILES string of the molecule is CC=CC(C)(C)S(=O)Nc1cc(Br)ccc1F. The predicted octanol–water partition coefficient (Wildman–Crippen LogP) is 4.02. The first kappa shape index (κ1) is 14.4. The van der Waals surface area contributed by atoms with Crippen LogP contribution in [0.15, 0.2) is 34.8 Å². The van der Waals surface area contributed by atoms with Gasteiger partial charge < -0.3 is 4.72 Å². The Morgan fingerprint density at radius 1 is 1.47 bits per heavy atom. The molecule has 0 bridgehead atoms. The van der Waals surface area contributed by atoms with Crippen molar-refractivity contribution in [1.29, 1.82) is 0 Å². The summed E-state index contributed by atoms with van der Waals surface area (Å²) in [6, 6.07) is 4.49. The summed E-state index contributed by atoms with van der Waals surface area (Å²) < 4.78 is 28.4. The zero-order valence-electron chi connectivity index (χ0n) is 9.96. The molecule has 0 saturated carbocycles. The predicted molar refractivity (Wildman–Crippen MR) is 74.8 cm³/mol. The first-order valence-corrected chi connectivity index (χ1v) is 7.08. The van der Waals surface area contributed by atoms with Gasteiger partial charge in [-0.25, -0.2) is 8.60 Å². The number of hydrogen-bond donors (Lipinski definition) is 1. The summed E-state index contributed by atoms with van der Waals surface area (Å²) >= 11 is 3.25. The number of nitrogens with one attached hydrogen (secondary N) is 1. The molecule has 1 aromatic rings. The Morgan fingerprint density at radius 2 is 2.12 bits per heavy atom. The van der Waals surface area contributed by atoms with Crippen LogP contribution in [0.2, 0.25) is 0 Å². The second kappa shape index (κ2) is 5.78. The van der Waals surface area contributed by atoms with Crippen molar-refractivity contribution in [3.8, 4) is 0 Å². The molecule has 0 spiro atoms. The summed E-state index contributed by atoms with van der Waals surface area (Å²) in [5, 5.41) is 0. The molecule has 1 atom stereocenters. The first-order chi connectivity index (χ1) is 7.86. The van der Waals surface area contributed by atoms with Gasteiger partial charge in [0, 0.05) is 4.47 Å². The lowest BCUT2D eigenvalue weighted by Gasteiger charge is -2.20. The van der Waals surface area contributed by atoms with Crippen LogP contribution in [0.25, 0.3) is 0 Å². The van der Waals surface area contributed by atoms with Crippen molar-refractivity contribution < 1.29 is 8.60 Å². The maximum Gasteiger partial charge on any atom is 0.147 e. The Balaban J connectivity index is 2.92. The van der Waals surface area contributed by atoms with E-state index in [4.69, 9.17) is 0 Å². The van der Waals surface area contributed by atoms with Gasteiger partial charge in [-0.2, -0.15) is 0 Å². The third-order valence-electron chi connectivity index (χ3n) is 2.18. The summed E-state index contributed by atoms with van der Waals surface area (Å²) in [6.45, 7) is 5.51. The molecule has 0 saturated heterocycles.